The van der Waals surface area contributed by atoms with Crippen LogP contribution < -0.4 is 14.2 Å². The molecule has 2 aliphatic heterocycles. The number of likely N-dealkylation sites (tertiary alicyclic amines) is 1. The maximum Gasteiger partial charge on any atom is 0.296 e. The SMILES string of the molecule is CCOc1ccc(CN2C(=O)C(=O)/C(=C(\O)c3ccc4c(c3)OCO4)C2c2ccco2)cc1. The van der Waals surface area contributed by atoms with E-state index < -0.39 is 17.7 Å². The molecule has 3 aromatic rings. The Bertz CT molecular complexity index is 1230. The normalized spacial score (nSPS) is 18.7. The highest BCUT2D eigenvalue weighted by Crippen LogP contribution is 2.42. The highest BCUT2D eigenvalue weighted by molar-refractivity contribution is 6.46. The van der Waals surface area contributed by atoms with E-state index in [4.69, 9.17) is 18.6 Å². The van der Waals surface area contributed by atoms with Gasteiger partial charge in [-0.3, -0.25) is 9.59 Å². The molecular formula is C25H21NO7. The second-order valence-corrected chi connectivity index (χ2v) is 7.59. The van der Waals surface area contributed by atoms with E-state index in [9.17, 15) is 14.7 Å². The number of ketones is 1. The predicted octanol–water partition coefficient (Wildman–Crippen LogP) is 4.03. The number of aliphatic hydroxyl groups excluding tert-OH is 1. The van der Waals surface area contributed by atoms with Gasteiger partial charge in [0.15, 0.2) is 11.5 Å². The second kappa shape index (κ2) is 8.38. The number of nitrogens with zero attached hydrogens (tertiary/aromatic N) is 1. The average Bonchev–Trinajstić information content (AvgIpc) is 3.56. The molecule has 1 saturated heterocycles. The van der Waals surface area contributed by atoms with Crippen molar-refractivity contribution in [2.24, 2.45) is 0 Å². The van der Waals surface area contributed by atoms with Crippen molar-refractivity contribution < 1.29 is 33.3 Å². The van der Waals surface area contributed by atoms with Gasteiger partial charge in [-0.1, -0.05) is 12.1 Å². The summed E-state index contributed by atoms with van der Waals surface area (Å²) < 4.78 is 21.7. The van der Waals surface area contributed by atoms with Gasteiger partial charge in [-0.25, -0.2) is 0 Å². The third kappa shape index (κ3) is 3.69. The lowest BCUT2D eigenvalue weighted by molar-refractivity contribution is -0.140. The van der Waals surface area contributed by atoms with Crippen LogP contribution in [0.2, 0.25) is 0 Å². The summed E-state index contributed by atoms with van der Waals surface area (Å²) in [6.07, 6.45) is 1.47. The third-order valence-electron chi connectivity index (χ3n) is 5.59. The molecule has 1 amide bonds. The molecule has 0 radical (unpaired) electrons. The van der Waals surface area contributed by atoms with Crippen LogP contribution in [0.15, 0.2) is 70.9 Å². The van der Waals surface area contributed by atoms with Crippen molar-refractivity contribution in [1.29, 1.82) is 0 Å². The van der Waals surface area contributed by atoms with E-state index in [-0.39, 0.29) is 24.7 Å². The number of Topliss-reactive ketones (excluding diaryl/α,β-unsaturated/α-hetero) is 1. The number of ether oxygens (including phenoxy) is 3. The molecule has 1 N–H and O–H groups in total. The van der Waals surface area contributed by atoms with E-state index in [1.807, 2.05) is 31.2 Å². The van der Waals surface area contributed by atoms with E-state index in [1.165, 1.54) is 11.2 Å². The van der Waals surface area contributed by atoms with E-state index in [0.717, 1.165) is 5.56 Å². The number of hydrogen-bond acceptors (Lipinski definition) is 7. The molecule has 168 valence electrons. The van der Waals surface area contributed by atoms with Crippen LogP contribution in [0.5, 0.6) is 17.2 Å². The third-order valence-corrected chi connectivity index (χ3v) is 5.59. The molecule has 5 rings (SSSR count). The number of aliphatic hydroxyl groups is 1. The van der Waals surface area contributed by atoms with Crippen molar-refractivity contribution in [3.05, 3.63) is 83.3 Å². The van der Waals surface area contributed by atoms with Gasteiger partial charge in [0.05, 0.1) is 18.4 Å². The molecule has 0 bridgehead atoms. The van der Waals surface area contributed by atoms with E-state index in [1.54, 1.807) is 30.3 Å². The standard InChI is InChI=1S/C25H21NO7/c1-2-30-17-8-5-15(6-9-17)13-26-22(19-4-3-11-31-19)21(24(28)25(26)29)23(27)16-7-10-18-20(12-16)33-14-32-18/h3-12,22,27H,2,13-14H2,1H3/b23-21-. The van der Waals surface area contributed by atoms with E-state index >= 15 is 0 Å². The number of benzene rings is 2. The van der Waals surface area contributed by atoms with Gasteiger partial charge in [-0.2, -0.15) is 0 Å². The van der Waals surface area contributed by atoms with Gasteiger partial charge in [0, 0.05) is 12.1 Å². The Morgan fingerprint density at radius 2 is 1.88 bits per heavy atom. The van der Waals surface area contributed by atoms with Gasteiger partial charge >= 0.3 is 0 Å². The Morgan fingerprint density at radius 3 is 2.61 bits per heavy atom. The van der Waals surface area contributed by atoms with Crippen LogP contribution in [0, 0.1) is 0 Å². The minimum absolute atomic E-state index is 0.0419. The van der Waals surface area contributed by atoms with Crippen LogP contribution in [0.3, 0.4) is 0 Å². The highest BCUT2D eigenvalue weighted by Gasteiger charge is 2.47. The van der Waals surface area contributed by atoms with Crippen LogP contribution in [0.4, 0.5) is 0 Å². The summed E-state index contributed by atoms with van der Waals surface area (Å²) in [6.45, 7) is 2.68. The lowest BCUT2D eigenvalue weighted by atomic mass is 9.99. The van der Waals surface area contributed by atoms with Crippen molar-refractivity contribution in [2.75, 3.05) is 13.4 Å². The van der Waals surface area contributed by atoms with Crippen molar-refractivity contribution in [2.45, 2.75) is 19.5 Å². The van der Waals surface area contributed by atoms with Gasteiger partial charge < -0.3 is 28.6 Å². The predicted molar refractivity (Wildman–Crippen MR) is 117 cm³/mol. The van der Waals surface area contributed by atoms with Crippen LogP contribution in [-0.2, 0) is 16.1 Å². The van der Waals surface area contributed by atoms with E-state index in [2.05, 4.69) is 0 Å². The summed E-state index contributed by atoms with van der Waals surface area (Å²) in [6, 6.07) is 14.6. The molecular weight excluding hydrogens is 426 g/mol. The first kappa shape index (κ1) is 20.7. The first-order valence-electron chi connectivity index (χ1n) is 10.5. The van der Waals surface area contributed by atoms with Crippen molar-refractivity contribution in [1.82, 2.24) is 4.90 Å². The summed E-state index contributed by atoms with van der Waals surface area (Å²) in [7, 11) is 0. The van der Waals surface area contributed by atoms with E-state index in [0.29, 0.717) is 35.2 Å². The smallest absolute Gasteiger partial charge is 0.296 e. The van der Waals surface area contributed by atoms with Crippen molar-refractivity contribution >= 4 is 17.4 Å². The van der Waals surface area contributed by atoms with Crippen LogP contribution in [-0.4, -0.2) is 35.1 Å². The topological polar surface area (TPSA) is 98.4 Å². The van der Waals surface area contributed by atoms with Gasteiger partial charge in [0.1, 0.15) is 23.3 Å². The Morgan fingerprint density at radius 1 is 1.09 bits per heavy atom. The Balaban J connectivity index is 1.54. The number of carbonyl (C=O) groups excluding carboxylic acids is 2. The quantitative estimate of drug-likeness (QED) is 0.346. The van der Waals surface area contributed by atoms with Crippen molar-refractivity contribution in [3.8, 4) is 17.2 Å². The van der Waals surface area contributed by atoms with Crippen LogP contribution in [0.1, 0.15) is 29.9 Å². The van der Waals surface area contributed by atoms with Gasteiger partial charge in [0.25, 0.3) is 11.7 Å². The fourth-order valence-electron chi connectivity index (χ4n) is 4.04. The van der Waals surface area contributed by atoms with Gasteiger partial charge in [-0.15, -0.1) is 0 Å². The maximum absolute atomic E-state index is 13.1. The fraction of sp³-hybridized carbons (Fsp3) is 0.200. The number of carbonyl (C=O) groups is 2. The van der Waals surface area contributed by atoms with Crippen LogP contribution >= 0.6 is 0 Å². The molecule has 0 spiro atoms. The number of fused-ring (bicyclic) bond motifs is 1. The first-order chi connectivity index (χ1) is 16.1. The molecule has 1 unspecified atom stereocenters. The summed E-state index contributed by atoms with van der Waals surface area (Å²) in [5, 5.41) is 11.1. The number of amides is 1. The molecule has 0 aliphatic carbocycles. The molecule has 2 aliphatic rings. The second-order valence-electron chi connectivity index (χ2n) is 7.59. The molecule has 1 atom stereocenters. The minimum atomic E-state index is -0.878. The maximum atomic E-state index is 13.1. The Kier molecular flexibility index (Phi) is 5.26. The monoisotopic (exact) mass is 447 g/mol. The molecule has 0 saturated carbocycles. The Labute approximate surface area is 189 Å². The average molecular weight is 447 g/mol. The number of rotatable bonds is 6. The molecule has 1 aromatic heterocycles. The summed E-state index contributed by atoms with van der Waals surface area (Å²) in [4.78, 5) is 27.5. The zero-order valence-electron chi connectivity index (χ0n) is 17.8. The number of hydrogen-bond donors (Lipinski definition) is 1. The highest BCUT2D eigenvalue weighted by atomic mass is 16.7. The van der Waals surface area contributed by atoms with Gasteiger partial charge in [-0.05, 0) is 55.0 Å². The molecule has 8 heteroatoms. The van der Waals surface area contributed by atoms with Crippen LogP contribution in [0.25, 0.3) is 5.76 Å². The lowest BCUT2D eigenvalue weighted by Crippen LogP contribution is -2.29. The molecule has 8 nitrogen and oxygen atoms in total. The fourth-order valence-corrected chi connectivity index (χ4v) is 4.04. The molecule has 2 aromatic carbocycles. The first-order valence-corrected chi connectivity index (χ1v) is 10.5. The molecule has 3 heterocycles. The summed E-state index contributed by atoms with van der Waals surface area (Å²) in [5.74, 6) is 0.297. The zero-order valence-corrected chi connectivity index (χ0v) is 17.8. The molecule has 33 heavy (non-hydrogen) atoms. The largest absolute Gasteiger partial charge is 0.507 e. The lowest BCUT2D eigenvalue weighted by Gasteiger charge is -2.23. The minimum Gasteiger partial charge on any atom is -0.507 e. The van der Waals surface area contributed by atoms with Gasteiger partial charge in [0.2, 0.25) is 6.79 Å². The molecule has 1 fully saturated rings. The number of furan rings is 1. The Hall–Kier alpha value is -4.20. The van der Waals surface area contributed by atoms with Crippen molar-refractivity contribution in [3.63, 3.8) is 0 Å². The summed E-state index contributed by atoms with van der Waals surface area (Å²) in [5.41, 5.74) is 1.11. The zero-order chi connectivity index (χ0) is 22.9. The summed E-state index contributed by atoms with van der Waals surface area (Å²) >= 11 is 0.